The van der Waals surface area contributed by atoms with Gasteiger partial charge in [0.15, 0.2) is 0 Å². The van der Waals surface area contributed by atoms with Crippen LogP contribution in [0.3, 0.4) is 0 Å². The molecule has 0 aromatic heterocycles. The first-order valence-electron chi connectivity index (χ1n) is 1.50. The van der Waals surface area contributed by atoms with Crippen molar-refractivity contribution >= 4 is 17.9 Å². The topological polar surface area (TPSA) is 37.3 Å². The van der Waals surface area contributed by atoms with E-state index in [0.29, 0.717) is 6.29 Å². The number of carbonyl (C=O) groups excluding carboxylic acids is 1. The van der Waals surface area contributed by atoms with Crippen LogP contribution in [0.1, 0.15) is 0 Å². The van der Waals surface area contributed by atoms with E-state index in [-0.39, 0.29) is 5.88 Å². The molecule has 3 heteroatoms. The van der Waals surface area contributed by atoms with E-state index in [0.717, 1.165) is 0 Å². The van der Waals surface area contributed by atoms with Crippen LogP contribution in [-0.2, 0) is 4.79 Å². The van der Waals surface area contributed by atoms with Crippen molar-refractivity contribution in [2.75, 3.05) is 5.88 Å². The van der Waals surface area contributed by atoms with Crippen molar-refractivity contribution in [2.45, 2.75) is 6.10 Å². The maximum Gasteiger partial charge on any atom is 0.149 e. The van der Waals surface area contributed by atoms with Crippen molar-refractivity contribution < 1.29 is 9.90 Å². The van der Waals surface area contributed by atoms with E-state index >= 15 is 0 Å². The third kappa shape index (κ3) is 2.18. The van der Waals surface area contributed by atoms with Crippen molar-refractivity contribution in [3.63, 3.8) is 0 Å². The molecule has 0 saturated heterocycles. The normalized spacial score (nSPS) is 13.7. The lowest BCUT2D eigenvalue weighted by Gasteiger charge is -1.87. The first-order valence-corrected chi connectivity index (χ1v) is 2.04. The molecule has 1 atom stereocenters. The van der Waals surface area contributed by atoms with Gasteiger partial charge < -0.3 is 9.90 Å². The highest BCUT2D eigenvalue weighted by Gasteiger charge is 1.93. The van der Waals surface area contributed by atoms with Gasteiger partial charge in [-0.05, 0) is 0 Å². The van der Waals surface area contributed by atoms with Gasteiger partial charge in [0, 0.05) is 0 Å². The predicted molar refractivity (Wildman–Crippen MR) is 22.8 cm³/mol. The van der Waals surface area contributed by atoms with Crippen LogP contribution in [-0.4, -0.2) is 23.4 Å². The number of hydrogen-bond acceptors (Lipinski definition) is 2. The summed E-state index contributed by atoms with van der Waals surface area (Å²) < 4.78 is 0. The SMILES string of the molecule is O=C[C@H](O)CCl. The third-order valence-electron chi connectivity index (χ3n) is 0.315. The smallest absolute Gasteiger partial charge is 0.149 e. The van der Waals surface area contributed by atoms with Crippen LogP contribution < -0.4 is 0 Å². The van der Waals surface area contributed by atoms with Gasteiger partial charge >= 0.3 is 0 Å². The van der Waals surface area contributed by atoms with E-state index < -0.39 is 6.10 Å². The van der Waals surface area contributed by atoms with Gasteiger partial charge in [-0.25, -0.2) is 0 Å². The summed E-state index contributed by atoms with van der Waals surface area (Å²) in [4.78, 5) is 9.40. The van der Waals surface area contributed by atoms with Crippen molar-refractivity contribution in [1.82, 2.24) is 0 Å². The van der Waals surface area contributed by atoms with E-state index in [2.05, 4.69) is 0 Å². The Labute approximate surface area is 40.7 Å². The Balaban J connectivity index is 2.96. The van der Waals surface area contributed by atoms with E-state index in [1.165, 1.54) is 0 Å². The summed E-state index contributed by atoms with van der Waals surface area (Å²) in [5, 5.41) is 8.17. The van der Waals surface area contributed by atoms with Gasteiger partial charge in [0.05, 0.1) is 5.88 Å². The second-order valence-electron chi connectivity index (χ2n) is 0.858. The van der Waals surface area contributed by atoms with E-state index in [9.17, 15) is 4.79 Å². The van der Waals surface area contributed by atoms with Gasteiger partial charge in [-0.1, -0.05) is 0 Å². The quantitative estimate of drug-likeness (QED) is 0.393. The summed E-state index contributed by atoms with van der Waals surface area (Å²) in [7, 11) is 0. The highest BCUT2D eigenvalue weighted by atomic mass is 35.5. The molecule has 36 valence electrons. The lowest BCUT2D eigenvalue weighted by Crippen LogP contribution is -2.08. The Morgan fingerprint density at radius 2 is 2.50 bits per heavy atom. The van der Waals surface area contributed by atoms with Crippen molar-refractivity contribution in [2.24, 2.45) is 0 Å². The van der Waals surface area contributed by atoms with E-state index in [1.54, 1.807) is 0 Å². The molecule has 0 aliphatic rings. The summed E-state index contributed by atoms with van der Waals surface area (Å²) in [6, 6.07) is 0. The zero-order chi connectivity index (χ0) is 4.99. The average molecular weight is 109 g/mol. The molecule has 0 aromatic carbocycles. The van der Waals surface area contributed by atoms with Crippen LogP contribution in [0.2, 0.25) is 0 Å². The standard InChI is InChI=1S/C3H5ClO2/c4-1-3(6)2-5/h2-3,6H,1H2/t3-/m1/s1. The molecule has 0 bridgehead atoms. The van der Waals surface area contributed by atoms with Crippen LogP contribution in [0, 0.1) is 0 Å². The molecule has 0 spiro atoms. The van der Waals surface area contributed by atoms with Crippen LogP contribution >= 0.6 is 11.6 Å². The Kier molecular flexibility index (Phi) is 3.08. The van der Waals surface area contributed by atoms with Gasteiger partial charge in [-0.3, -0.25) is 0 Å². The fourth-order valence-electron chi connectivity index (χ4n) is 0.0364. The van der Waals surface area contributed by atoms with Crippen molar-refractivity contribution in [3.8, 4) is 0 Å². The molecule has 0 radical (unpaired) electrons. The van der Waals surface area contributed by atoms with E-state index in [4.69, 9.17) is 16.7 Å². The highest BCUT2D eigenvalue weighted by molar-refractivity contribution is 6.19. The summed E-state index contributed by atoms with van der Waals surface area (Å²) in [6.07, 6.45) is -0.584. The molecule has 1 N–H and O–H groups in total. The fourth-order valence-corrected chi connectivity index (χ4v) is 0.109. The fraction of sp³-hybridized carbons (Fsp3) is 0.667. The average Bonchev–Trinajstić information content (AvgIpc) is 1.65. The molecule has 0 fully saturated rings. The van der Waals surface area contributed by atoms with Gasteiger partial charge in [0.1, 0.15) is 12.4 Å². The van der Waals surface area contributed by atoms with Crippen molar-refractivity contribution in [1.29, 1.82) is 0 Å². The zero-order valence-electron chi connectivity index (χ0n) is 3.10. The maximum absolute atomic E-state index is 9.40. The first-order chi connectivity index (χ1) is 2.81. The number of rotatable bonds is 2. The number of aliphatic hydroxyl groups is 1. The molecule has 6 heavy (non-hydrogen) atoms. The number of aliphatic hydroxyl groups excluding tert-OH is 1. The molecule has 0 rings (SSSR count). The Bertz CT molecular complexity index is 46.1. The molecule has 0 amide bonds. The molecule has 0 aliphatic carbocycles. The molecule has 2 nitrogen and oxygen atoms in total. The first kappa shape index (κ1) is 5.92. The minimum Gasteiger partial charge on any atom is -0.384 e. The largest absolute Gasteiger partial charge is 0.384 e. The minimum absolute atomic E-state index is 0.0104. The minimum atomic E-state index is -0.980. The zero-order valence-corrected chi connectivity index (χ0v) is 3.85. The lowest BCUT2D eigenvalue weighted by molar-refractivity contribution is -0.113. The predicted octanol–water partition coefficient (Wildman–Crippen LogP) is -0.215. The van der Waals surface area contributed by atoms with Crippen LogP contribution in [0.15, 0.2) is 0 Å². The molecule has 0 saturated carbocycles. The monoisotopic (exact) mass is 108 g/mol. The second kappa shape index (κ2) is 3.12. The number of carbonyl (C=O) groups is 1. The lowest BCUT2D eigenvalue weighted by atomic mass is 10.5. The molecule has 0 aliphatic heterocycles. The Morgan fingerprint density at radius 3 is 2.50 bits per heavy atom. The molecule has 0 heterocycles. The number of aldehydes is 1. The number of halogens is 1. The van der Waals surface area contributed by atoms with Crippen LogP contribution in [0.4, 0.5) is 0 Å². The van der Waals surface area contributed by atoms with Crippen LogP contribution in [0.5, 0.6) is 0 Å². The van der Waals surface area contributed by atoms with Crippen LogP contribution in [0.25, 0.3) is 0 Å². The van der Waals surface area contributed by atoms with Gasteiger partial charge in [-0.15, -0.1) is 11.6 Å². The molecular formula is C3H5ClO2. The number of hydrogen-bond donors (Lipinski definition) is 1. The van der Waals surface area contributed by atoms with Gasteiger partial charge in [0.2, 0.25) is 0 Å². The Morgan fingerprint density at radius 1 is 2.00 bits per heavy atom. The van der Waals surface area contributed by atoms with Crippen molar-refractivity contribution in [3.05, 3.63) is 0 Å². The third-order valence-corrected chi connectivity index (χ3v) is 0.631. The van der Waals surface area contributed by atoms with Gasteiger partial charge in [0.25, 0.3) is 0 Å². The maximum atomic E-state index is 9.40. The highest BCUT2D eigenvalue weighted by Crippen LogP contribution is 1.78. The van der Waals surface area contributed by atoms with E-state index in [1.807, 2.05) is 0 Å². The van der Waals surface area contributed by atoms with Gasteiger partial charge in [-0.2, -0.15) is 0 Å². The summed E-state index contributed by atoms with van der Waals surface area (Å²) in [6.45, 7) is 0. The second-order valence-corrected chi connectivity index (χ2v) is 1.17. The molecule has 0 aromatic rings. The summed E-state index contributed by atoms with van der Waals surface area (Å²) in [5.41, 5.74) is 0. The summed E-state index contributed by atoms with van der Waals surface area (Å²) in [5.74, 6) is -0.0104. The Hall–Kier alpha value is -0.0800. The number of alkyl halides is 1. The molecular weight excluding hydrogens is 103 g/mol. The molecule has 0 unspecified atom stereocenters. The summed E-state index contributed by atoms with van der Waals surface area (Å²) >= 11 is 4.97.